The van der Waals surface area contributed by atoms with E-state index in [0.717, 1.165) is 63.7 Å². The predicted molar refractivity (Wildman–Crippen MR) is 560 cm³/mol. The molecule has 6 aromatic carbocycles. The number of nitrogens with zero attached hydrogens (tertiary/aromatic N) is 18. The zero-order chi connectivity index (χ0) is 108. The van der Waals surface area contributed by atoms with Crippen molar-refractivity contribution in [3.05, 3.63) is 265 Å². The molecule has 0 aliphatic carbocycles. The van der Waals surface area contributed by atoms with Gasteiger partial charge in [-0.05, 0) is 208 Å². The first-order chi connectivity index (χ1) is 71.3. The van der Waals surface area contributed by atoms with Gasteiger partial charge in [-0.1, -0.05) is 79.5 Å². The second-order valence-electron chi connectivity index (χ2n) is 41.3. The number of phenolic OH excluding ortho intramolecular Hbond substituents is 3. The standard InChI is InChI=1S/C38H41F3N6O4.C37H37F3N6O4.C37H39F3N6O3/c1-8-28(49)45-19-26-37(50)44(16-10-15-43(6)7)36-35(46(26)18-22(45)5)23-17-25(40)30(29-24(39)11-9-12-27(29)48)31(41)34(23)47(38(36)51)33-21(4)13-14-42-32(33)20(2)3;1-7-27(48)43-17-25-36(49)45(21-15-42(6)16-21)35-34(44(25)14-20(43)5)22-13-24(39)29(28-23(38)9-8-10-26(28)47)30(40)33(22)46(37(35)50)32-19(4)11-12-41-31(32)18(2)3;1-7-28(48)43-17-23-18-45(22-15-42(6)16-22)36-35(44(23)14-21(43)5)24-13-26(39)30(29-25(38)9-8-10-27(29)47)31(40)34(24)46(37(36)49)33-20(4)11-12-41-32(33)19(2)3/h8-9,11-14,17,20,22,26,48H,1,10,15-16,18-19H2,2-7H3;7-13,18,20-21,25,47H,1,14-17H2,2-6H3;7-13,19,21-23,47H,1,14-18H2,2-6H3. The highest BCUT2D eigenvalue weighted by molar-refractivity contribution is 6.16. The third kappa shape index (κ3) is 17.3. The maximum Gasteiger partial charge on any atom is 0.281 e. The van der Waals surface area contributed by atoms with Gasteiger partial charge in [0.1, 0.15) is 81.3 Å². The van der Waals surface area contributed by atoms with Gasteiger partial charge in [0.05, 0.1) is 132 Å². The molecule has 38 heteroatoms. The minimum Gasteiger partial charge on any atom is -0.507 e. The number of anilines is 6. The minimum absolute atomic E-state index is 0.0296. The molecule has 5 saturated heterocycles. The first-order valence-electron chi connectivity index (χ1n) is 49.9. The quantitative estimate of drug-likeness (QED) is 0.0531. The Kier molecular flexibility index (Phi) is 28.2. The van der Waals surface area contributed by atoms with Gasteiger partial charge in [-0.15, -0.1) is 0 Å². The SMILES string of the molecule is C=CC(=O)N1CC2C(=O)N(C3CN(C)C3)c3c(c4cc(F)c(-c5c(O)cccc5F)c(F)c4n(-c4c(C)ccnc4C(C)C)c3=O)N2CC1C.C=CC(=O)N1CC2C(=O)N(CCCN(C)C)c3c(c4cc(F)c(-c5c(O)cccc5F)c(F)c4n(-c4c(C)ccnc4C(C)C)c3=O)N2CC1C.C=CC(=O)N1CC2CN(C3CN(C)C3)c3c(c4cc(F)c(-c5c(O)cccc5F)c(F)c4n(-c4c(C)ccnc4C(C)C)c3=O)N2CC1C. The van der Waals surface area contributed by atoms with E-state index < -0.39 is 162 Å². The number of aryl methyl sites for hydroxylation is 3. The van der Waals surface area contributed by atoms with Crippen LogP contribution in [-0.4, -0.2) is 265 Å². The number of piperazine rings is 3. The van der Waals surface area contributed by atoms with Gasteiger partial charge >= 0.3 is 0 Å². The molecule has 6 unspecified atom stereocenters. The molecule has 0 saturated carbocycles. The molecule has 8 aliphatic heterocycles. The first-order valence-corrected chi connectivity index (χ1v) is 49.9. The molecule has 6 atom stereocenters. The molecular weight excluding hydrogens is 1940 g/mol. The molecule has 3 N–H and O–H groups in total. The Bertz CT molecular complexity index is 7790. The molecule has 12 aromatic rings. The highest BCUT2D eigenvalue weighted by Crippen LogP contribution is 2.54. The Labute approximate surface area is 859 Å². The lowest BCUT2D eigenvalue weighted by molar-refractivity contribution is -0.132. The fourth-order valence-electron chi connectivity index (χ4n) is 23.0. The van der Waals surface area contributed by atoms with E-state index >= 15 is 53.9 Å². The van der Waals surface area contributed by atoms with E-state index in [9.17, 15) is 39.3 Å². The fourth-order valence-corrected chi connectivity index (χ4v) is 23.0. The maximum atomic E-state index is 17.4. The number of benzene rings is 6. The van der Waals surface area contributed by atoms with Crippen LogP contribution in [0.15, 0.2) is 162 Å². The molecule has 29 nitrogen and oxygen atoms in total. The third-order valence-electron chi connectivity index (χ3n) is 30.1. The van der Waals surface area contributed by atoms with Gasteiger partial charge in [0, 0.05) is 118 Å². The van der Waals surface area contributed by atoms with Crippen molar-refractivity contribution in [3.63, 3.8) is 0 Å². The molecule has 0 bridgehead atoms. The number of halogens is 9. The molecule has 14 heterocycles. The Morgan fingerprint density at radius 3 is 1.07 bits per heavy atom. The van der Waals surface area contributed by atoms with Crippen molar-refractivity contribution in [3.8, 4) is 67.7 Å². The van der Waals surface area contributed by atoms with Crippen molar-refractivity contribution >= 4 is 96.4 Å². The maximum absolute atomic E-state index is 17.4. The number of aromatic hydroxyl groups is 3. The number of carbonyl (C=O) groups is 5. The van der Waals surface area contributed by atoms with Crippen molar-refractivity contribution in [2.24, 2.45) is 0 Å². The monoisotopic (exact) mass is 2060 g/mol. The summed E-state index contributed by atoms with van der Waals surface area (Å²) in [6, 6.07) is 14.4. The van der Waals surface area contributed by atoms with Crippen LogP contribution in [0.1, 0.15) is 120 Å². The average molecular weight is 2060 g/mol. The van der Waals surface area contributed by atoms with Crippen LogP contribution in [0.4, 0.5) is 73.6 Å². The van der Waals surface area contributed by atoms with Crippen LogP contribution in [0.5, 0.6) is 17.2 Å². The average Bonchev–Trinajstić information content (AvgIpc) is 0.707. The summed E-state index contributed by atoms with van der Waals surface area (Å²) in [4.78, 5) is 148. The van der Waals surface area contributed by atoms with E-state index in [1.54, 1.807) is 86.1 Å². The van der Waals surface area contributed by atoms with Crippen molar-refractivity contribution in [1.82, 2.24) is 58.1 Å². The molecule has 150 heavy (non-hydrogen) atoms. The van der Waals surface area contributed by atoms with E-state index in [1.807, 2.05) is 96.3 Å². The Balaban J connectivity index is 0.000000147. The molecule has 0 spiro atoms. The normalized spacial score (nSPS) is 18.8. The number of pyridine rings is 6. The number of fused-ring (bicyclic) bond motifs is 15. The summed E-state index contributed by atoms with van der Waals surface area (Å²) in [7, 11) is 7.62. The van der Waals surface area contributed by atoms with E-state index in [1.165, 1.54) is 60.6 Å². The third-order valence-corrected chi connectivity index (χ3v) is 30.1. The van der Waals surface area contributed by atoms with Crippen LogP contribution in [0, 0.1) is 73.1 Å². The number of aromatic nitrogens is 6. The minimum atomic E-state index is -1.27. The van der Waals surface area contributed by atoms with Crippen LogP contribution >= 0.6 is 0 Å². The highest BCUT2D eigenvalue weighted by atomic mass is 19.2. The lowest BCUT2D eigenvalue weighted by Crippen LogP contribution is -2.71. The Morgan fingerprint density at radius 2 is 0.713 bits per heavy atom. The fraction of sp³-hybridized carbons (Fsp3) is 0.366. The molecule has 0 radical (unpaired) electrons. The number of hydrogen-bond donors (Lipinski definition) is 3. The summed E-state index contributed by atoms with van der Waals surface area (Å²) in [6.07, 6.45) is 8.87. The van der Waals surface area contributed by atoms with E-state index in [0.29, 0.717) is 110 Å². The number of rotatable bonds is 18. The highest BCUT2D eigenvalue weighted by Gasteiger charge is 2.54. The largest absolute Gasteiger partial charge is 0.507 e. The van der Waals surface area contributed by atoms with Crippen LogP contribution in [-0.2, 0) is 24.0 Å². The summed E-state index contributed by atoms with van der Waals surface area (Å²) in [6.45, 7) is 36.9. The van der Waals surface area contributed by atoms with Gasteiger partial charge in [-0.25, -0.2) is 39.5 Å². The lowest BCUT2D eigenvalue weighted by Gasteiger charge is -2.55. The topological polar surface area (TPSA) is 290 Å². The number of carbonyl (C=O) groups excluding carboxylic acids is 5. The number of likely N-dealkylation sites (N-methyl/N-ethyl adjacent to an activating group) is 2. The van der Waals surface area contributed by atoms with Gasteiger partial charge in [0.15, 0.2) is 17.5 Å². The van der Waals surface area contributed by atoms with Crippen LogP contribution in [0.25, 0.3) is 83.2 Å². The number of hydrogen-bond acceptors (Lipinski definition) is 21. The number of likely N-dealkylation sites (tertiary alicyclic amines) is 2. The second-order valence-corrected chi connectivity index (χ2v) is 41.3. The van der Waals surface area contributed by atoms with Gasteiger partial charge in [0.2, 0.25) is 17.7 Å². The summed E-state index contributed by atoms with van der Waals surface area (Å²) >= 11 is 0. The van der Waals surface area contributed by atoms with Crippen LogP contribution in [0.3, 0.4) is 0 Å². The molecule has 20 rings (SSSR count). The Morgan fingerprint density at radius 1 is 0.393 bits per heavy atom. The van der Waals surface area contributed by atoms with Crippen molar-refractivity contribution in [1.29, 1.82) is 0 Å². The molecule has 5 fully saturated rings. The first kappa shape index (κ1) is 105. The van der Waals surface area contributed by atoms with E-state index in [-0.39, 0.29) is 153 Å². The van der Waals surface area contributed by atoms with Gasteiger partial charge in [-0.2, -0.15) is 0 Å². The van der Waals surface area contributed by atoms with Crippen molar-refractivity contribution in [2.75, 3.05) is 143 Å². The second kappa shape index (κ2) is 40.4. The molecule has 784 valence electrons. The number of phenols is 3. The Hall–Kier alpha value is -15.2. The predicted octanol–water partition coefficient (Wildman–Crippen LogP) is 15.7. The molecule has 6 aromatic heterocycles. The van der Waals surface area contributed by atoms with Crippen molar-refractivity contribution in [2.45, 2.75) is 156 Å². The molecule has 5 amide bonds. The van der Waals surface area contributed by atoms with E-state index in [2.05, 4.69) is 39.6 Å². The van der Waals surface area contributed by atoms with Crippen LogP contribution < -0.4 is 46.1 Å². The van der Waals surface area contributed by atoms with Crippen molar-refractivity contribution < 1.29 is 78.8 Å². The lowest BCUT2D eigenvalue weighted by atomic mass is 9.93. The van der Waals surface area contributed by atoms with Crippen LogP contribution in [0.2, 0.25) is 0 Å². The summed E-state index contributed by atoms with van der Waals surface area (Å²) in [5.41, 5.74) is -2.52. The summed E-state index contributed by atoms with van der Waals surface area (Å²) < 4.78 is 151. The molecular formula is C112H117F9N18O11. The smallest absolute Gasteiger partial charge is 0.281 e. The molecule has 8 aliphatic rings. The zero-order valence-corrected chi connectivity index (χ0v) is 86.1. The van der Waals surface area contributed by atoms with Gasteiger partial charge < -0.3 is 69.2 Å². The zero-order valence-electron chi connectivity index (χ0n) is 86.1. The van der Waals surface area contributed by atoms with Gasteiger partial charge in [0.25, 0.3) is 28.5 Å². The summed E-state index contributed by atoms with van der Waals surface area (Å²) in [5.74, 6) is -14.8. The number of amides is 5. The van der Waals surface area contributed by atoms with E-state index in [4.69, 9.17) is 0 Å². The summed E-state index contributed by atoms with van der Waals surface area (Å²) in [5, 5.41) is 32.1. The van der Waals surface area contributed by atoms with Gasteiger partial charge in [-0.3, -0.25) is 71.9 Å².